The van der Waals surface area contributed by atoms with E-state index in [9.17, 15) is 4.79 Å². The number of aromatic nitrogens is 3. The standard InChI is InChI=1S/C12H15N5O2S2/c1-3-20-7-5-4-6-8(9(7)10(13)16-19)21-12-15-14-11(18)17(12)2/h4-6,19H,3H2,1-2H3,(H2,13,16)(H,14,18). The zero-order valence-corrected chi connectivity index (χ0v) is 13.2. The molecule has 4 N–H and O–H groups in total. The largest absolute Gasteiger partial charge is 0.409 e. The molecule has 0 aliphatic heterocycles. The molecule has 0 bridgehead atoms. The van der Waals surface area contributed by atoms with Gasteiger partial charge in [0.2, 0.25) is 0 Å². The van der Waals surface area contributed by atoms with Crippen LogP contribution in [0.15, 0.2) is 43.1 Å². The lowest BCUT2D eigenvalue weighted by Gasteiger charge is -2.12. The van der Waals surface area contributed by atoms with Gasteiger partial charge in [-0.2, -0.15) is 0 Å². The summed E-state index contributed by atoms with van der Waals surface area (Å²) in [5.41, 5.74) is 6.16. The summed E-state index contributed by atoms with van der Waals surface area (Å²) in [7, 11) is 1.63. The number of H-pyrrole nitrogens is 1. The van der Waals surface area contributed by atoms with Gasteiger partial charge in [-0.1, -0.05) is 18.1 Å². The van der Waals surface area contributed by atoms with Crippen molar-refractivity contribution in [3.63, 3.8) is 0 Å². The molecule has 1 aromatic carbocycles. The molecule has 0 saturated carbocycles. The van der Waals surface area contributed by atoms with Crippen LogP contribution in [0, 0.1) is 0 Å². The minimum absolute atomic E-state index is 0.0367. The SMILES string of the molecule is CCSc1cccc(Sc2n[nH]c(=O)n2C)c1/C(N)=N/O. The first-order chi connectivity index (χ1) is 10.1. The second-order valence-corrected chi connectivity index (χ2v) is 6.33. The van der Waals surface area contributed by atoms with Gasteiger partial charge in [0, 0.05) is 22.4 Å². The van der Waals surface area contributed by atoms with E-state index >= 15 is 0 Å². The zero-order chi connectivity index (χ0) is 15.4. The van der Waals surface area contributed by atoms with Crippen LogP contribution in [0.25, 0.3) is 0 Å². The molecule has 0 atom stereocenters. The molecule has 0 spiro atoms. The number of amidine groups is 1. The van der Waals surface area contributed by atoms with Crippen LogP contribution < -0.4 is 11.4 Å². The van der Waals surface area contributed by atoms with E-state index < -0.39 is 0 Å². The van der Waals surface area contributed by atoms with E-state index in [0.717, 1.165) is 15.5 Å². The number of nitrogens with zero attached hydrogens (tertiary/aromatic N) is 3. The van der Waals surface area contributed by atoms with Gasteiger partial charge in [-0.05, 0) is 29.6 Å². The van der Waals surface area contributed by atoms with Crippen molar-refractivity contribution in [2.45, 2.75) is 21.9 Å². The third-order valence-electron chi connectivity index (χ3n) is 2.69. The molecule has 0 aliphatic carbocycles. The minimum atomic E-state index is -0.290. The predicted octanol–water partition coefficient (Wildman–Crippen LogP) is 1.47. The molecule has 9 heteroatoms. The third kappa shape index (κ3) is 3.24. The van der Waals surface area contributed by atoms with Crippen molar-refractivity contribution >= 4 is 29.4 Å². The summed E-state index contributed by atoms with van der Waals surface area (Å²) < 4.78 is 1.40. The maximum atomic E-state index is 11.4. The quantitative estimate of drug-likeness (QED) is 0.252. The molecule has 1 aromatic heterocycles. The van der Waals surface area contributed by atoms with Gasteiger partial charge in [0.1, 0.15) is 0 Å². The normalized spacial score (nSPS) is 11.8. The number of nitrogens with two attached hydrogens (primary N) is 1. The first kappa shape index (κ1) is 15.5. The van der Waals surface area contributed by atoms with Crippen LogP contribution in [-0.2, 0) is 7.05 Å². The second kappa shape index (κ2) is 6.72. The Labute approximate surface area is 129 Å². The van der Waals surface area contributed by atoms with Crippen molar-refractivity contribution in [1.29, 1.82) is 0 Å². The summed E-state index contributed by atoms with van der Waals surface area (Å²) in [6, 6.07) is 5.64. The molecule has 0 fully saturated rings. The fourth-order valence-corrected chi connectivity index (χ4v) is 3.58. The molecule has 2 aromatic rings. The van der Waals surface area contributed by atoms with Crippen LogP contribution in [0.4, 0.5) is 0 Å². The molecule has 0 aliphatic rings. The number of benzene rings is 1. The van der Waals surface area contributed by atoms with E-state index in [4.69, 9.17) is 10.9 Å². The van der Waals surface area contributed by atoms with Crippen LogP contribution in [0.3, 0.4) is 0 Å². The lowest BCUT2D eigenvalue weighted by Crippen LogP contribution is -2.16. The van der Waals surface area contributed by atoms with Crippen LogP contribution >= 0.6 is 23.5 Å². The maximum absolute atomic E-state index is 11.4. The Hall–Kier alpha value is -1.87. The van der Waals surface area contributed by atoms with Crippen molar-refractivity contribution in [1.82, 2.24) is 14.8 Å². The number of oxime groups is 1. The van der Waals surface area contributed by atoms with Gasteiger partial charge in [0.05, 0.1) is 0 Å². The molecule has 21 heavy (non-hydrogen) atoms. The van der Waals surface area contributed by atoms with E-state index in [1.54, 1.807) is 18.8 Å². The number of rotatable bonds is 5. The highest BCUT2D eigenvalue weighted by Gasteiger charge is 2.16. The Balaban J connectivity index is 2.50. The van der Waals surface area contributed by atoms with Crippen LogP contribution in [0.1, 0.15) is 12.5 Å². The Kier molecular flexibility index (Phi) is 4.97. The second-order valence-electron chi connectivity index (χ2n) is 4.02. The lowest BCUT2D eigenvalue weighted by molar-refractivity contribution is 0.318. The Bertz CT molecular complexity index is 723. The van der Waals surface area contributed by atoms with Gasteiger partial charge in [0.25, 0.3) is 0 Å². The first-order valence-electron chi connectivity index (χ1n) is 6.11. The van der Waals surface area contributed by atoms with E-state index in [0.29, 0.717) is 10.7 Å². The van der Waals surface area contributed by atoms with Gasteiger partial charge in [-0.3, -0.25) is 4.57 Å². The molecule has 0 radical (unpaired) electrons. The van der Waals surface area contributed by atoms with E-state index in [-0.39, 0.29) is 11.5 Å². The van der Waals surface area contributed by atoms with Gasteiger partial charge in [-0.15, -0.1) is 16.9 Å². The van der Waals surface area contributed by atoms with E-state index in [1.165, 1.54) is 16.3 Å². The van der Waals surface area contributed by atoms with Crippen molar-refractivity contribution in [2.75, 3.05) is 5.75 Å². The molecular weight excluding hydrogens is 310 g/mol. The average molecular weight is 325 g/mol. The van der Waals surface area contributed by atoms with Crippen molar-refractivity contribution in [3.8, 4) is 0 Å². The van der Waals surface area contributed by atoms with Crippen LogP contribution in [0.5, 0.6) is 0 Å². The number of thioether (sulfide) groups is 1. The number of nitrogens with one attached hydrogen (secondary N) is 1. The molecule has 2 rings (SSSR count). The van der Waals surface area contributed by atoms with Crippen LogP contribution in [0.2, 0.25) is 0 Å². The van der Waals surface area contributed by atoms with Gasteiger partial charge in [-0.25, -0.2) is 9.89 Å². The van der Waals surface area contributed by atoms with E-state index in [2.05, 4.69) is 15.4 Å². The summed E-state index contributed by atoms with van der Waals surface area (Å²) in [4.78, 5) is 13.1. The molecule has 1 heterocycles. The number of hydrogen-bond acceptors (Lipinski definition) is 6. The fourth-order valence-electron chi connectivity index (χ4n) is 1.70. The summed E-state index contributed by atoms with van der Waals surface area (Å²) in [6.45, 7) is 2.03. The summed E-state index contributed by atoms with van der Waals surface area (Å²) >= 11 is 2.88. The van der Waals surface area contributed by atoms with Gasteiger partial charge < -0.3 is 10.9 Å². The predicted molar refractivity (Wildman–Crippen MR) is 83.3 cm³/mol. The number of hydrogen-bond donors (Lipinski definition) is 3. The average Bonchev–Trinajstić information content (AvgIpc) is 2.79. The molecule has 112 valence electrons. The highest BCUT2D eigenvalue weighted by atomic mass is 32.2. The topological polar surface area (TPSA) is 109 Å². The first-order valence-corrected chi connectivity index (χ1v) is 7.91. The monoisotopic (exact) mass is 325 g/mol. The summed E-state index contributed by atoms with van der Waals surface area (Å²) in [6.07, 6.45) is 0. The highest BCUT2D eigenvalue weighted by Crippen LogP contribution is 2.34. The smallest absolute Gasteiger partial charge is 0.343 e. The molecule has 0 saturated heterocycles. The molecular formula is C12H15N5O2S2. The highest BCUT2D eigenvalue weighted by molar-refractivity contribution is 8.00. The van der Waals surface area contributed by atoms with E-state index in [1.807, 2.05) is 25.1 Å². The fraction of sp³-hybridized carbons (Fsp3) is 0.250. The summed E-state index contributed by atoms with van der Waals surface area (Å²) in [5, 5.41) is 18.9. The van der Waals surface area contributed by atoms with Crippen molar-refractivity contribution < 1.29 is 5.21 Å². The molecule has 0 amide bonds. The lowest BCUT2D eigenvalue weighted by atomic mass is 10.2. The number of aromatic amines is 1. The van der Waals surface area contributed by atoms with Gasteiger partial charge in [0.15, 0.2) is 11.0 Å². The van der Waals surface area contributed by atoms with Crippen molar-refractivity contribution in [3.05, 3.63) is 34.2 Å². The summed E-state index contributed by atoms with van der Waals surface area (Å²) in [5.74, 6) is 0.898. The van der Waals surface area contributed by atoms with Gasteiger partial charge >= 0.3 is 5.69 Å². The third-order valence-corrected chi connectivity index (χ3v) is 4.74. The Morgan fingerprint density at radius 1 is 1.52 bits per heavy atom. The van der Waals surface area contributed by atoms with Crippen LogP contribution in [-0.4, -0.2) is 31.6 Å². The minimum Gasteiger partial charge on any atom is -0.409 e. The Morgan fingerprint density at radius 2 is 2.24 bits per heavy atom. The maximum Gasteiger partial charge on any atom is 0.343 e. The molecule has 0 unspecified atom stereocenters. The Morgan fingerprint density at radius 3 is 2.81 bits per heavy atom. The zero-order valence-electron chi connectivity index (χ0n) is 11.5. The van der Waals surface area contributed by atoms with Crippen molar-refractivity contribution in [2.24, 2.45) is 17.9 Å². The molecule has 7 nitrogen and oxygen atoms in total.